The Morgan fingerprint density at radius 2 is 1.92 bits per heavy atom. The number of pyridine rings is 1. The summed E-state index contributed by atoms with van der Waals surface area (Å²) < 4.78 is 0. The van der Waals surface area contributed by atoms with Crippen molar-refractivity contribution in [1.29, 1.82) is 0 Å². The minimum absolute atomic E-state index is 0.186. The molecule has 0 bridgehead atoms. The van der Waals surface area contributed by atoms with E-state index in [0.29, 0.717) is 25.1 Å². The summed E-state index contributed by atoms with van der Waals surface area (Å²) >= 11 is 0. The van der Waals surface area contributed by atoms with Crippen LogP contribution < -0.4 is 5.32 Å². The smallest absolute Gasteiger partial charge is 0.248 e. The maximum Gasteiger partial charge on any atom is 0.248 e. The highest BCUT2D eigenvalue weighted by Gasteiger charge is 2.33. The van der Waals surface area contributed by atoms with Crippen molar-refractivity contribution in [2.75, 3.05) is 13.1 Å². The molecule has 2 atom stereocenters. The zero-order valence-electron chi connectivity index (χ0n) is 14.3. The van der Waals surface area contributed by atoms with E-state index in [2.05, 4.69) is 17.2 Å². The molecule has 2 amide bonds. The van der Waals surface area contributed by atoms with E-state index in [1.807, 2.05) is 0 Å². The largest absolute Gasteiger partial charge is 0.386 e. The number of likely N-dealkylation sites (tertiary alicyclic amines) is 1. The van der Waals surface area contributed by atoms with Crippen molar-refractivity contribution in [3.05, 3.63) is 30.1 Å². The first-order valence-electron chi connectivity index (χ1n) is 8.79. The number of nitrogens with zero attached hydrogens (tertiary/aromatic N) is 2. The van der Waals surface area contributed by atoms with Crippen LogP contribution in [-0.4, -0.2) is 45.9 Å². The normalized spacial score (nSPS) is 16.7. The van der Waals surface area contributed by atoms with Gasteiger partial charge in [-0.1, -0.05) is 19.8 Å². The lowest BCUT2D eigenvalue weighted by atomic mass is 10.0. The molecular formula is C18H27N3O3. The number of carbonyl (C=O) groups is 2. The molecule has 0 saturated carbocycles. The second-order valence-electron chi connectivity index (χ2n) is 6.26. The summed E-state index contributed by atoms with van der Waals surface area (Å²) in [6, 6.07) is 2.38. The van der Waals surface area contributed by atoms with Crippen molar-refractivity contribution in [2.24, 2.45) is 0 Å². The number of carbonyl (C=O) groups excluding carboxylic acids is 2. The molecule has 6 nitrogen and oxygen atoms in total. The average Bonchev–Trinajstić information content (AvgIpc) is 3.14. The summed E-state index contributed by atoms with van der Waals surface area (Å²) in [4.78, 5) is 30.6. The molecule has 1 aliphatic heterocycles. The number of amides is 2. The standard InChI is InChI=1S/C18H27N3O3/c1-2-3-4-7-15(22)20-16(18(24)21-12-5-6-13-21)17(23)14-8-10-19-11-9-14/h8-11,16-17,23H,2-7,12-13H2,1H3,(H,20,22)/t16-,17+/m1/s1. The summed E-state index contributed by atoms with van der Waals surface area (Å²) in [5, 5.41) is 13.4. The van der Waals surface area contributed by atoms with Gasteiger partial charge in [0.25, 0.3) is 0 Å². The fourth-order valence-corrected chi connectivity index (χ4v) is 2.94. The fraction of sp³-hybridized carbons (Fsp3) is 0.611. The predicted octanol–water partition coefficient (Wildman–Crippen LogP) is 1.80. The molecule has 1 fully saturated rings. The molecule has 1 aromatic heterocycles. The molecule has 0 aromatic carbocycles. The summed E-state index contributed by atoms with van der Waals surface area (Å²) in [6.45, 7) is 3.44. The maximum absolute atomic E-state index is 12.8. The van der Waals surface area contributed by atoms with E-state index in [1.165, 1.54) is 0 Å². The summed E-state index contributed by atoms with van der Waals surface area (Å²) in [6.07, 6.45) is 7.17. The predicted molar refractivity (Wildman–Crippen MR) is 91.1 cm³/mol. The number of rotatable bonds is 8. The SMILES string of the molecule is CCCCCC(=O)N[C@@H](C(=O)N1CCCC1)[C@@H](O)c1ccncc1. The highest BCUT2D eigenvalue weighted by molar-refractivity contribution is 5.88. The van der Waals surface area contributed by atoms with Crippen LogP contribution in [0.2, 0.25) is 0 Å². The number of unbranched alkanes of at least 4 members (excludes halogenated alkanes) is 2. The fourth-order valence-electron chi connectivity index (χ4n) is 2.94. The van der Waals surface area contributed by atoms with Crippen molar-refractivity contribution < 1.29 is 14.7 Å². The van der Waals surface area contributed by atoms with Gasteiger partial charge in [0.05, 0.1) is 0 Å². The molecule has 2 N–H and O–H groups in total. The molecular weight excluding hydrogens is 306 g/mol. The topological polar surface area (TPSA) is 82.5 Å². The summed E-state index contributed by atoms with van der Waals surface area (Å²) in [5.74, 6) is -0.394. The first kappa shape index (κ1) is 18.4. The van der Waals surface area contributed by atoms with Crippen LogP contribution in [-0.2, 0) is 9.59 Å². The van der Waals surface area contributed by atoms with Crippen LogP contribution in [0.25, 0.3) is 0 Å². The van der Waals surface area contributed by atoms with Crippen LogP contribution in [0.4, 0.5) is 0 Å². The van der Waals surface area contributed by atoms with Gasteiger partial charge in [-0.2, -0.15) is 0 Å². The van der Waals surface area contributed by atoms with Crippen LogP contribution in [0.1, 0.15) is 57.1 Å². The van der Waals surface area contributed by atoms with Crippen molar-refractivity contribution >= 4 is 11.8 Å². The van der Waals surface area contributed by atoms with Crippen LogP contribution in [0.15, 0.2) is 24.5 Å². The first-order valence-corrected chi connectivity index (χ1v) is 8.79. The minimum atomic E-state index is -1.07. The Bertz CT molecular complexity index is 530. The second-order valence-corrected chi connectivity index (χ2v) is 6.26. The van der Waals surface area contributed by atoms with E-state index in [9.17, 15) is 14.7 Å². The molecule has 1 aromatic rings. The molecule has 6 heteroatoms. The van der Waals surface area contributed by atoms with Gasteiger partial charge in [0, 0.05) is 31.9 Å². The number of nitrogens with one attached hydrogen (secondary N) is 1. The number of hydrogen-bond acceptors (Lipinski definition) is 4. The second kappa shape index (κ2) is 9.37. The van der Waals surface area contributed by atoms with E-state index in [1.54, 1.807) is 29.4 Å². The van der Waals surface area contributed by atoms with Crippen molar-refractivity contribution in [2.45, 2.75) is 57.6 Å². The number of hydrogen-bond donors (Lipinski definition) is 2. The van der Waals surface area contributed by atoms with Gasteiger partial charge in [-0.05, 0) is 37.0 Å². The van der Waals surface area contributed by atoms with Gasteiger partial charge in [0.15, 0.2) is 0 Å². The Kier molecular flexibility index (Phi) is 7.18. The third-order valence-corrected chi connectivity index (χ3v) is 4.37. The molecule has 1 aliphatic rings. The zero-order chi connectivity index (χ0) is 17.4. The third kappa shape index (κ3) is 5.03. The van der Waals surface area contributed by atoms with Crippen LogP contribution in [0.5, 0.6) is 0 Å². The lowest BCUT2D eigenvalue weighted by Crippen LogP contribution is -2.51. The lowest BCUT2D eigenvalue weighted by molar-refractivity contribution is -0.139. The average molecular weight is 333 g/mol. The Labute approximate surface area is 143 Å². The molecule has 0 spiro atoms. The molecule has 132 valence electrons. The van der Waals surface area contributed by atoms with Gasteiger partial charge in [-0.25, -0.2) is 0 Å². The zero-order valence-corrected chi connectivity index (χ0v) is 14.3. The molecule has 24 heavy (non-hydrogen) atoms. The molecule has 2 rings (SSSR count). The molecule has 0 unspecified atom stereocenters. The first-order chi connectivity index (χ1) is 11.6. The lowest BCUT2D eigenvalue weighted by Gasteiger charge is -2.28. The van der Waals surface area contributed by atoms with E-state index >= 15 is 0 Å². The maximum atomic E-state index is 12.8. The van der Waals surface area contributed by atoms with Gasteiger partial charge in [-0.15, -0.1) is 0 Å². The molecule has 1 saturated heterocycles. The van der Waals surface area contributed by atoms with E-state index in [-0.39, 0.29) is 11.8 Å². The van der Waals surface area contributed by atoms with Crippen molar-refractivity contribution in [1.82, 2.24) is 15.2 Å². The Morgan fingerprint density at radius 1 is 1.25 bits per heavy atom. The van der Waals surface area contributed by atoms with E-state index in [0.717, 1.165) is 32.1 Å². The van der Waals surface area contributed by atoms with Crippen LogP contribution >= 0.6 is 0 Å². The van der Waals surface area contributed by atoms with Crippen LogP contribution in [0.3, 0.4) is 0 Å². The van der Waals surface area contributed by atoms with E-state index < -0.39 is 12.1 Å². The Morgan fingerprint density at radius 3 is 2.54 bits per heavy atom. The van der Waals surface area contributed by atoms with E-state index in [4.69, 9.17) is 0 Å². The molecule has 2 heterocycles. The molecule has 0 radical (unpaired) electrons. The number of aromatic nitrogens is 1. The number of aliphatic hydroxyl groups excluding tert-OH is 1. The van der Waals surface area contributed by atoms with Gasteiger partial charge in [0.1, 0.15) is 12.1 Å². The van der Waals surface area contributed by atoms with Gasteiger partial charge in [-0.3, -0.25) is 14.6 Å². The Hall–Kier alpha value is -1.95. The van der Waals surface area contributed by atoms with Gasteiger partial charge < -0.3 is 15.3 Å². The van der Waals surface area contributed by atoms with Crippen molar-refractivity contribution in [3.63, 3.8) is 0 Å². The monoisotopic (exact) mass is 333 g/mol. The van der Waals surface area contributed by atoms with Gasteiger partial charge >= 0.3 is 0 Å². The summed E-state index contributed by atoms with van der Waals surface area (Å²) in [7, 11) is 0. The Balaban J connectivity index is 2.08. The molecule has 0 aliphatic carbocycles. The minimum Gasteiger partial charge on any atom is -0.386 e. The highest BCUT2D eigenvalue weighted by Crippen LogP contribution is 2.20. The third-order valence-electron chi connectivity index (χ3n) is 4.37. The quantitative estimate of drug-likeness (QED) is 0.711. The van der Waals surface area contributed by atoms with Gasteiger partial charge in [0.2, 0.25) is 11.8 Å². The van der Waals surface area contributed by atoms with Crippen LogP contribution in [0, 0.1) is 0 Å². The van der Waals surface area contributed by atoms with Crippen molar-refractivity contribution in [3.8, 4) is 0 Å². The number of aliphatic hydroxyl groups is 1. The summed E-state index contributed by atoms with van der Waals surface area (Å²) in [5.41, 5.74) is 0.580. The highest BCUT2D eigenvalue weighted by atomic mass is 16.3.